The van der Waals surface area contributed by atoms with Crippen LogP contribution in [0.2, 0.25) is 0 Å². The van der Waals surface area contributed by atoms with Crippen molar-refractivity contribution in [2.45, 2.75) is 44.6 Å². The van der Waals surface area contributed by atoms with E-state index in [0.717, 1.165) is 17.7 Å². The number of benzene rings is 1. The van der Waals surface area contributed by atoms with Crippen LogP contribution in [0.1, 0.15) is 60.6 Å². The van der Waals surface area contributed by atoms with Gasteiger partial charge >= 0.3 is 0 Å². The van der Waals surface area contributed by atoms with Gasteiger partial charge in [0, 0.05) is 12.0 Å². The summed E-state index contributed by atoms with van der Waals surface area (Å²) in [6.45, 7) is 2.10. The molecule has 1 aromatic carbocycles. The highest BCUT2D eigenvalue weighted by Gasteiger charge is 2.25. The first-order valence-electron chi connectivity index (χ1n) is 7.22. The molecule has 2 heteroatoms. The topological polar surface area (TPSA) is 39.2 Å². The zero-order valence-electron chi connectivity index (χ0n) is 11.4. The van der Waals surface area contributed by atoms with Gasteiger partial charge in [-0.1, -0.05) is 37.6 Å². The van der Waals surface area contributed by atoms with Crippen molar-refractivity contribution >= 4 is 0 Å². The van der Waals surface area contributed by atoms with E-state index in [1.165, 1.54) is 30.4 Å². The fraction of sp³-hybridized carbons (Fsp3) is 0.412. The highest BCUT2D eigenvalue weighted by molar-refractivity contribution is 5.40. The SMILES string of the molecule is CCc1occc1C(N)c1ccccc1C1CCC1. The molecule has 0 aliphatic heterocycles. The Kier molecular flexibility index (Phi) is 3.43. The lowest BCUT2D eigenvalue weighted by Crippen LogP contribution is -2.18. The molecule has 1 aliphatic carbocycles. The molecule has 2 nitrogen and oxygen atoms in total. The second kappa shape index (κ2) is 5.22. The van der Waals surface area contributed by atoms with Crippen molar-refractivity contribution in [2.24, 2.45) is 5.73 Å². The van der Waals surface area contributed by atoms with Crippen LogP contribution in [0.4, 0.5) is 0 Å². The van der Waals surface area contributed by atoms with Gasteiger partial charge in [-0.05, 0) is 36.0 Å². The summed E-state index contributed by atoms with van der Waals surface area (Å²) in [4.78, 5) is 0. The van der Waals surface area contributed by atoms with Crippen LogP contribution < -0.4 is 5.73 Å². The molecule has 0 amide bonds. The van der Waals surface area contributed by atoms with Crippen LogP contribution in [0.15, 0.2) is 41.0 Å². The summed E-state index contributed by atoms with van der Waals surface area (Å²) in [5.41, 5.74) is 10.3. The fourth-order valence-electron chi connectivity index (χ4n) is 2.97. The number of hydrogen-bond donors (Lipinski definition) is 1. The number of rotatable bonds is 4. The molecule has 19 heavy (non-hydrogen) atoms. The van der Waals surface area contributed by atoms with E-state index in [0.29, 0.717) is 5.92 Å². The monoisotopic (exact) mass is 255 g/mol. The van der Waals surface area contributed by atoms with E-state index < -0.39 is 0 Å². The van der Waals surface area contributed by atoms with E-state index in [1.807, 2.05) is 6.07 Å². The highest BCUT2D eigenvalue weighted by atomic mass is 16.3. The molecule has 100 valence electrons. The van der Waals surface area contributed by atoms with E-state index in [9.17, 15) is 0 Å². The van der Waals surface area contributed by atoms with Crippen molar-refractivity contribution in [3.8, 4) is 0 Å². The minimum Gasteiger partial charge on any atom is -0.469 e. The quantitative estimate of drug-likeness (QED) is 0.891. The molecular formula is C17H21NO. The molecule has 1 aromatic heterocycles. The summed E-state index contributed by atoms with van der Waals surface area (Å²) in [6.07, 6.45) is 6.59. The highest BCUT2D eigenvalue weighted by Crippen LogP contribution is 2.40. The largest absolute Gasteiger partial charge is 0.469 e. The van der Waals surface area contributed by atoms with Gasteiger partial charge in [-0.2, -0.15) is 0 Å². The molecule has 1 atom stereocenters. The van der Waals surface area contributed by atoms with Gasteiger partial charge in [-0.25, -0.2) is 0 Å². The number of nitrogens with two attached hydrogens (primary N) is 1. The first-order valence-corrected chi connectivity index (χ1v) is 7.22. The van der Waals surface area contributed by atoms with Gasteiger partial charge in [0.25, 0.3) is 0 Å². The number of aryl methyl sites for hydroxylation is 1. The molecule has 1 saturated carbocycles. The molecule has 3 rings (SSSR count). The maximum atomic E-state index is 6.49. The Balaban J connectivity index is 1.97. The normalized spacial score (nSPS) is 17.2. The molecule has 1 aliphatic rings. The second-order valence-electron chi connectivity index (χ2n) is 5.39. The van der Waals surface area contributed by atoms with Crippen molar-refractivity contribution in [2.75, 3.05) is 0 Å². The van der Waals surface area contributed by atoms with E-state index in [1.54, 1.807) is 6.26 Å². The van der Waals surface area contributed by atoms with Crippen molar-refractivity contribution in [1.29, 1.82) is 0 Å². The van der Waals surface area contributed by atoms with Gasteiger partial charge in [-0.3, -0.25) is 0 Å². The van der Waals surface area contributed by atoms with Crippen molar-refractivity contribution in [1.82, 2.24) is 0 Å². The predicted molar refractivity (Wildman–Crippen MR) is 77.2 cm³/mol. The average molecular weight is 255 g/mol. The van der Waals surface area contributed by atoms with Gasteiger partial charge in [0.2, 0.25) is 0 Å². The third kappa shape index (κ3) is 2.21. The Labute approximate surface area is 114 Å². The summed E-state index contributed by atoms with van der Waals surface area (Å²) in [6, 6.07) is 10.6. The smallest absolute Gasteiger partial charge is 0.108 e. The summed E-state index contributed by atoms with van der Waals surface area (Å²) in [5, 5.41) is 0. The minimum absolute atomic E-state index is 0.0644. The fourth-order valence-corrected chi connectivity index (χ4v) is 2.97. The van der Waals surface area contributed by atoms with E-state index in [2.05, 4.69) is 31.2 Å². The molecule has 0 saturated heterocycles. The van der Waals surface area contributed by atoms with E-state index >= 15 is 0 Å². The zero-order valence-corrected chi connectivity index (χ0v) is 11.4. The van der Waals surface area contributed by atoms with Gasteiger partial charge in [-0.15, -0.1) is 0 Å². The summed E-state index contributed by atoms with van der Waals surface area (Å²) in [5.74, 6) is 1.72. The molecule has 2 aromatic rings. The van der Waals surface area contributed by atoms with Crippen molar-refractivity contribution < 1.29 is 4.42 Å². The number of hydrogen-bond acceptors (Lipinski definition) is 2. The maximum absolute atomic E-state index is 6.49. The Hall–Kier alpha value is -1.54. The van der Waals surface area contributed by atoms with Gasteiger partial charge < -0.3 is 10.2 Å². The van der Waals surface area contributed by atoms with Crippen LogP contribution >= 0.6 is 0 Å². The molecule has 0 spiro atoms. The Morgan fingerprint density at radius 2 is 2.00 bits per heavy atom. The molecule has 1 heterocycles. The first-order chi connectivity index (χ1) is 9.31. The first kappa shape index (κ1) is 12.5. The number of furan rings is 1. The van der Waals surface area contributed by atoms with E-state index in [4.69, 9.17) is 10.2 Å². The molecule has 1 fully saturated rings. The summed E-state index contributed by atoms with van der Waals surface area (Å²) >= 11 is 0. The van der Waals surface area contributed by atoms with Crippen LogP contribution in [-0.4, -0.2) is 0 Å². The molecule has 2 N–H and O–H groups in total. The van der Waals surface area contributed by atoms with Gasteiger partial charge in [0.05, 0.1) is 12.3 Å². The Bertz CT molecular complexity index is 554. The average Bonchev–Trinajstić information content (AvgIpc) is 2.85. The van der Waals surface area contributed by atoms with Crippen LogP contribution in [0.5, 0.6) is 0 Å². The molecule has 0 radical (unpaired) electrons. The van der Waals surface area contributed by atoms with Gasteiger partial charge in [0.1, 0.15) is 5.76 Å². The molecule has 1 unspecified atom stereocenters. The third-order valence-corrected chi connectivity index (χ3v) is 4.31. The van der Waals surface area contributed by atoms with Crippen LogP contribution in [0, 0.1) is 0 Å². The zero-order chi connectivity index (χ0) is 13.2. The predicted octanol–water partition coefficient (Wildman–Crippen LogP) is 4.16. The second-order valence-corrected chi connectivity index (χ2v) is 5.39. The minimum atomic E-state index is -0.0644. The van der Waals surface area contributed by atoms with Crippen LogP contribution in [-0.2, 0) is 6.42 Å². The lowest BCUT2D eigenvalue weighted by Gasteiger charge is -2.29. The Morgan fingerprint density at radius 1 is 1.21 bits per heavy atom. The Morgan fingerprint density at radius 3 is 2.68 bits per heavy atom. The summed E-state index contributed by atoms with van der Waals surface area (Å²) < 4.78 is 5.52. The van der Waals surface area contributed by atoms with Crippen LogP contribution in [0.25, 0.3) is 0 Å². The molecular weight excluding hydrogens is 234 g/mol. The van der Waals surface area contributed by atoms with Crippen LogP contribution in [0.3, 0.4) is 0 Å². The lowest BCUT2D eigenvalue weighted by molar-refractivity contribution is 0.416. The third-order valence-electron chi connectivity index (χ3n) is 4.31. The maximum Gasteiger partial charge on any atom is 0.108 e. The van der Waals surface area contributed by atoms with Gasteiger partial charge in [0.15, 0.2) is 0 Å². The standard InChI is InChI=1S/C17H21NO/c1-2-16-15(10-11-19-16)17(18)14-9-4-3-8-13(14)12-6-5-7-12/h3-4,8-12,17H,2,5-7,18H2,1H3. The summed E-state index contributed by atoms with van der Waals surface area (Å²) in [7, 11) is 0. The molecule has 0 bridgehead atoms. The van der Waals surface area contributed by atoms with Crippen molar-refractivity contribution in [3.63, 3.8) is 0 Å². The van der Waals surface area contributed by atoms with Crippen molar-refractivity contribution in [3.05, 3.63) is 59.0 Å². The van der Waals surface area contributed by atoms with E-state index in [-0.39, 0.29) is 6.04 Å². The lowest BCUT2D eigenvalue weighted by atomic mass is 9.76.